The third-order valence-electron chi connectivity index (χ3n) is 5.85. The normalized spacial score (nSPS) is 38.4. The molecule has 2 saturated heterocycles. The molecule has 0 aromatic carbocycles. The van der Waals surface area contributed by atoms with Crippen LogP contribution in [0.25, 0.3) is 0 Å². The SMILES string of the molecule is CCNC(C1CCOC2(CCCC2)C1)C1(C)CCCS1. The van der Waals surface area contributed by atoms with Gasteiger partial charge in [0, 0.05) is 17.4 Å². The Hall–Kier alpha value is 0.270. The van der Waals surface area contributed by atoms with E-state index in [1.54, 1.807) is 0 Å². The van der Waals surface area contributed by atoms with Gasteiger partial charge in [0.1, 0.15) is 0 Å². The van der Waals surface area contributed by atoms with E-state index in [2.05, 4.69) is 30.9 Å². The lowest BCUT2D eigenvalue weighted by molar-refractivity contribution is -0.0994. The summed E-state index contributed by atoms with van der Waals surface area (Å²) in [5.41, 5.74) is 0.260. The van der Waals surface area contributed by atoms with Crippen molar-refractivity contribution in [2.45, 2.75) is 81.6 Å². The first-order valence-electron chi connectivity index (χ1n) is 8.69. The molecule has 2 heterocycles. The zero-order valence-corrected chi connectivity index (χ0v) is 14.1. The van der Waals surface area contributed by atoms with Gasteiger partial charge in [-0.15, -0.1) is 0 Å². The molecule has 0 radical (unpaired) electrons. The predicted octanol–water partition coefficient (Wildman–Crippen LogP) is 3.99. The molecule has 1 saturated carbocycles. The molecule has 3 heteroatoms. The summed E-state index contributed by atoms with van der Waals surface area (Å²) < 4.78 is 6.70. The van der Waals surface area contributed by atoms with Gasteiger partial charge in [0.25, 0.3) is 0 Å². The van der Waals surface area contributed by atoms with Crippen molar-refractivity contribution in [3.05, 3.63) is 0 Å². The summed E-state index contributed by atoms with van der Waals surface area (Å²) in [6, 6.07) is 0.682. The van der Waals surface area contributed by atoms with Gasteiger partial charge in [0.15, 0.2) is 0 Å². The Morgan fingerprint density at radius 1 is 1.25 bits per heavy atom. The molecule has 20 heavy (non-hydrogen) atoms. The van der Waals surface area contributed by atoms with Crippen LogP contribution in [0.2, 0.25) is 0 Å². The van der Waals surface area contributed by atoms with Crippen molar-refractivity contribution in [3.63, 3.8) is 0 Å². The molecule has 1 spiro atoms. The molecule has 0 aromatic heterocycles. The Bertz CT molecular complexity index is 321. The zero-order valence-electron chi connectivity index (χ0n) is 13.2. The summed E-state index contributed by atoms with van der Waals surface area (Å²) >= 11 is 2.21. The van der Waals surface area contributed by atoms with E-state index in [9.17, 15) is 0 Å². The maximum absolute atomic E-state index is 6.25. The number of hydrogen-bond donors (Lipinski definition) is 1. The van der Waals surface area contributed by atoms with E-state index in [4.69, 9.17) is 4.74 Å². The van der Waals surface area contributed by atoms with Gasteiger partial charge in [-0.3, -0.25) is 0 Å². The van der Waals surface area contributed by atoms with Crippen molar-refractivity contribution in [3.8, 4) is 0 Å². The van der Waals surface area contributed by atoms with Gasteiger partial charge in [-0.25, -0.2) is 0 Å². The molecule has 0 aromatic rings. The van der Waals surface area contributed by atoms with Crippen molar-refractivity contribution in [2.75, 3.05) is 18.9 Å². The molecule has 116 valence electrons. The first-order chi connectivity index (χ1) is 9.68. The van der Waals surface area contributed by atoms with Gasteiger partial charge in [-0.05, 0) is 63.7 Å². The first kappa shape index (κ1) is 15.2. The second-order valence-corrected chi connectivity index (χ2v) is 8.92. The molecule has 2 aliphatic heterocycles. The van der Waals surface area contributed by atoms with Crippen LogP contribution in [0.5, 0.6) is 0 Å². The van der Waals surface area contributed by atoms with E-state index < -0.39 is 0 Å². The fourth-order valence-corrected chi connectivity index (χ4v) is 6.36. The maximum atomic E-state index is 6.25. The van der Waals surface area contributed by atoms with Crippen molar-refractivity contribution in [2.24, 2.45) is 5.92 Å². The minimum absolute atomic E-state index is 0.260. The lowest BCUT2D eigenvalue weighted by atomic mass is 9.75. The standard InChI is InChI=1S/C17H31NOS/c1-3-18-15(16(2)8-6-12-20-16)14-7-11-19-17(13-14)9-4-5-10-17/h14-15,18H,3-13H2,1-2H3. The third kappa shape index (κ3) is 2.91. The summed E-state index contributed by atoms with van der Waals surface area (Å²) in [4.78, 5) is 0. The van der Waals surface area contributed by atoms with Crippen molar-refractivity contribution >= 4 is 11.8 Å². The van der Waals surface area contributed by atoms with Crippen LogP contribution in [-0.4, -0.2) is 35.3 Å². The Balaban J connectivity index is 1.73. The smallest absolute Gasteiger partial charge is 0.0685 e. The molecule has 2 nitrogen and oxygen atoms in total. The Morgan fingerprint density at radius 3 is 2.70 bits per heavy atom. The second-order valence-electron chi connectivity index (χ2n) is 7.29. The summed E-state index contributed by atoms with van der Waals surface area (Å²) in [6.07, 6.45) is 10.7. The molecule has 1 aliphatic carbocycles. The number of rotatable bonds is 4. The topological polar surface area (TPSA) is 21.3 Å². The molecule has 0 bridgehead atoms. The van der Waals surface area contributed by atoms with Gasteiger partial charge in [-0.2, -0.15) is 11.8 Å². The van der Waals surface area contributed by atoms with Gasteiger partial charge in [0.2, 0.25) is 0 Å². The van der Waals surface area contributed by atoms with Crippen LogP contribution in [0.4, 0.5) is 0 Å². The second kappa shape index (κ2) is 6.18. The van der Waals surface area contributed by atoms with Crippen molar-refractivity contribution in [1.29, 1.82) is 0 Å². The zero-order chi connectivity index (χ0) is 14.1. The van der Waals surface area contributed by atoms with E-state index >= 15 is 0 Å². The summed E-state index contributed by atoms with van der Waals surface area (Å²) in [5, 5.41) is 3.86. The highest BCUT2D eigenvalue weighted by Gasteiger charge is 2.47. The summed E-state index contributed by atoms with van der Waals surface area (Å²) in [6.45, 7) is 6.87. The van der Waals surface area contributed by atoms with Crippen LogP contribution in [0.3, 0.4) is 0 Å². The van der Waals surface area contributed by atoms with Gasteiger partial charge >= 0.3 is 0 Å². The Labute approximate surface area is 128 Å². The first-order valence-corrected chi connectivity index (χ1v) is 9.67. The predicted molar refractivity (Wildman–Crippen MR) is 87.4 cm³/mol. The lowest BCUT2D eigenvalue weighted by Gasteiger charge is -2.46. The van der Waals surface area contributed by atoms with Gasteiger partial charge in [-0.1, -0.05) is 19.8 Å². The number of nitrogens with one attached hydrogen (secondary N) is 1. The molecule has 3 aliphatic rings. The molecule has 3 atom stereocenters. The average molecular weight is 298 g/mol. The fourth-order valence-electron chi connectivity index (χ4n) is 4.86. The van der Waals surface area contributed by atoms with Crippen LogP contribution in [0, 0.1) is 5.92 Å². The molecule has 3 fully saturated rings. The lowest BCUT2D eigenvalue weighted by Crippen LogP contribution is -2.54. The minimum Gasteiger partial charge on any atom is -0.375 e. The monoisotopic (exact) mass is 297 g/mol. The minimum atomic E-state index is 0.260. The third-order valence-corrected chi connectivity index (χ3v) is 7.46. The van der Waals surface area contributed by atoms with E-state index in [1.165, 1.54) is 57.1 Å². The molecule has 1 N–H and O–H groups in total. The molecule has 0 amide bonds. The number of hydrogen-bond acceptors (Lipinski definition) is 3. The highest BCUT2D eigenvalue weighted by Crippen LogP contribution is 2.48. The largest absolute Gasteiger partial charge is 0.375 e. The van der Waals surface area contributed by atoms with Crippen LogP contribution in [0.1, 0.15) is 65.2 Å². The molecule has 3 rings (SSSR count). The fraction of sp³-hybridized carbons (Fsp3) is 1.00. The van der Waals surface area contributed by atoms with Gasteiger partial charge in [0.05, 0.1) is 5.60 Å². The Morgan fingerprint density at radius 2 is 2.05 bits per heavy atom. The van der Waals surface area contributed by atoms with Crippen molar-refractivity contribution in [1.82, 2.24) is 5.32 Å². The van der Waals surface area contributed by atoms with Crippen LogP contribution >= 0.6 is 11.8 Å². The Kier molecular flexibility index (Phi) is 4.69. The van der Waals surface area contributed by atoms with E-state index in [0.29, 0.717) is 10.8 Å². The number of thioether (sulfide) groups is 1. The van der Waals surface area contributed by atoms with Crippen molar-refractivity contribution < 1.29 is 4.74 Å². The molecular formula is C17H31NOS. The molecular weight excluding hydrogens is 266 g/mol. The number of ether oxygens (including phenoxy) is 1. The summed E-state index contributed by atoms with van der Waals surface area (Å²) in [7, 11) is 0. The average Bonchev–Trinajstić information content (AvgIpc) is 3.07. The quantitative estimate of drug-likeness (QED) is 0.848. The summed E-state index contributed by atoms with van der Waals surface area (Å²) in [5.74, 6) is 2.17. The van der Waals surface area contributed by atoms with E-state index in [0.717, 1.165) is 19.1 Å². The van der Waals surface area contributed by atoms with Gasteiger partial charge < -0.3 is 10.1 Å². The molecule has 3 unspecified atom stereocenters. The highest BCUT2D eigenvalue weighted by molar-refractivity contribution is 8.00. The van der Waals surface area contributed by atoms with E-state index in [-0.39, 0.29) is 5.60 Å². The van der Waals surface area contributed by atoms with Crippen LogP contribution < -0.4 is 5.32 Å². The van der Waals surface area contributed by atoms with Crippen LogP contribution in [0.15, 0.2) is 0 Å². The highest BCUT2D eigenvalue weighted by atomic mass is 32.2. The van der Waals surface area contributed by atoms with E-state index in [1.807, 2.05) is 0 Å². The maximum Gasteiger partial charge on any atom is 0.0685 e. The van der Waals surface area contributed by atoms with Crippen LogP contribution in [-0.2, 0) is 4.74 Å².